The van der Waals surface area contributed by atoms with Gasteiger partial charge < -0.3 is 15.4 Å². The van der Waals surface area contributed by atoms with Crippen LogP contribution in [-0.2, 0) is 0 Å². The molecule has 0 radical (unpaired) electrons. The molecular weight excluding hydrogens is 350 g/mol. The third-order valence-electron chi connectivity index (χ3n) is 3.55. The molecule has 0 bridgehead atoms. The summed E-state index contributed by atoms with van der Waals surface area (Å²) in [5.41, 5.74) is 2.22. The molecule has 1 amide bonds. The van der Waals surface area contributed by atoms with Crippen molar-refractivity contribution in [1.82, 2.24) is 4.98 Å². The first-order valence-electron chi connectivity index (χ1n) is 8.17. The zero-order valence-corrected chi connectivity index (χ0v) is 15.0. The molecule has 3 rings (SSSR count). The molecule has 5 nitrogen and oxygen atoms in total. The Balaban J connectivity index is 1.62. The lowest BCUT2D eigenvalue weighted by Crippen LogP contribution is -2.12. The summed E-state index contributed by atoms with van der Waals surface area (Å²) in [4.78, 5) is 16.4. The number of carbonyl (C=O) groups is 1. The number of halogens is 1. The fraction of sp³-hybridized carbons (Fsp3) is 0.100. The molecule has 3 aromatic rings. The summed E-state index contributed by atoms with van der Waals surface area (Å²) >= 11 is 5.91. The van der Waals surface area contributed by atoms with Crippen LogP contribution in [0.5, 0.6) is 5.75 Å². The van der Waals surface area contributed by atoms with Gasteiger partial charge in [-0.2, -0.15) is 0 Å². The first-order chi connectivity index (χ1) is 12.6. The van der Waals surface area contributed by atoms with Gasteiger partial charge in [0.1, 0.15) is 11.6 Å². The van der Waals surface area contributed by atoms with E-state index in [-0.39, 0.29) is 5.91 Å². The van der Waals surface area contributed by atoms with E-state index < -0.39 is 0 Å². The second-order valence-electron chi connectivity index (χ2n) is 5.48. The highest BCUT2D eigenvalue weighted by Crippen LogP contribution is 2.20. The van der Waals surface area contributed by atoms with E-state index in [1.54, 1.807) is 36.5 Å². The van der Waals surface area contributed by atoms with Crippen molar-refractivity contribution in [3.05, 3.63) is 77.4 Å². The minimum absolute atomic E-state index is 0.257. The Morgan fingerprint density at radius 1 is 1.08 bits per heavy atom. The number of benzene rings is 2. The Bertz CT molecular complexity index is 880. The Kier molecular flexibility index (Phi) is 5.71. The lowest BCUT2D eigenvalue weighted by molar-refractivity contribution is 0.102. The quantitative estimate of drug-likeness (QED) is 0.634. The van der Waals surface area contributed by atoms with Crippen molar-refractivity contribution in [3.8, 4) is 5.75 Å². The summed E-state index contributed by atoms with van der Waals surface area (Å²) in [6, 6.07) is 18.0. The van der Waals surface area contributed by atoms with Crippen molar-refractivity contribution < 1.29 is 9.53 Å². The summed E-state index contributed by atoms with van der Waals surface area (Å²) < 4.78 is 5.42. The maximum Gasteiger partial charge on any atom is 0.256 e. The standard InChI is InChI=1S/C20H18ClN3O2/c1-2-26-18-9-6-16(7-10-18)23-17-8-11-19(22-13-17)24-20(25)14-4-3-5-15(21)12-14/h3-13,23H,2H2,1H3,(H,22,24,25). The zero-order chi connectivity index (χ0) is 18.4. The van der Waals surface area contributed by atoms with Crippen LogP contribution < -0.4 is 15.4 Å². The van der Waals surface area contributed by atoms with Crippen molar-refractivity contribution in [2.75, 3.05) is 17.2 Å². The Labute approximate surface area is 157 Å². The number of amides is 1. The number of carbonyl (C=O) groups excluding carboxylic acids is 1. The van der Waals surface area contributed by atoms with E-state index in [2.05, 4.69) is 15.6 Å². The molecule has 0 saturated carbocycles. The molecule has 0 aliphatic carbocycles. The highest BCUT2D eigenvalue weighted by Gasteiger charge is 2.07. The van der Waals surface area contributed by atoms with Crippen LogP contribution in [0.4, 0.5) is 17.2 Å². The number of anilines is 3. The third kappa shape index (κ3) is 4.74. The van der Waals surface area contributed by atoms with E-state index in [0.29, 0.717) is 23.0 Å². The zero-order valence-electron chi connectivity index (χ0n) is 14.2. The SMILES string of the molecule is CCOc1ccc(Nc2ccc(NC(=O)c3cccc(Cl)c3)nc2)cc1. The number of rotatable bonds is 6. The van der Waals surface area contributed by atoms with Crippen molar-refractivity contribution in [2.24, 2.45) is 0 Å². The largest absolute Gasteiger partial charge is 0.494 e. The van der Waals surface area contributed by atoms with E-state index in [9.17, 15) is 4.79 Å². The number of hydrogen-bond donors (Lipinski definition) is 2. The number of aromatic nitrogens is 1. The van der Waals surface area contributed by atoms with Gasteiger partial charge in [-0.15, -0.1) is 0 Å². The monoisotopic (exact) mass is 367 g/mol. The van der Waals surface area contributed by atoms with Crippen LogP contribution in [0, 0.1) is 0 Å². The lowest BCUT2D eigenvalue weighted by Gasteiger charge is -2.09. The van der Waals surface area contributed by atoms with Crippen LogP contribution in [0.15, 0.2) is 66.9 Å². The minimum atomic E-state index is -0.257. The number of nitrogens with zero attached hydrogens (tertiary/aromatic N) is 1. The Hall–Kier alpha value is -3.05. The average Bonchev–Trinajstić information content (AvgIpc) is 2.65. The summed E-state index contributed by atoms with van der Waals surface area (Å²) in [5, 5.41) is 6.50. The van der Waals surface area contributed by atoms with Crippen LogP contribution in [0.3, 0.4) is 0 Å². The molecule has 2 N–H and O–H groups in total. The van der Waals surface area contributed by atoms with E-state index in [1.165, 1.54) is 0 Å². The topological polar surface area (TPSA) is 63.2 Å². The van der Waals surface area contributed by atoms with Crippen molar-refractivity contribution >= 4 is 34.7 Å². The molecule has 132 valence electrons. The van der Waals surface area contributed by atoms with Crippen LogP contribution in [0.1, 0.15) is 17.3 Å². The molecule has 0 aliphatic rings. The normalized spacial score (nSPS) is 10.2. The molecule has 0 atom stereocenters. The predicted octanol–water partition coefficient (Wildman–Crippen LogP) is 5.13. The molecular formula is C20H18ClN3O2. The number of nitrogens with one attached hydrogen (secondary N) is 2. The molecule has 0 saturated heterocycles. The molecule has 0 fully saturated rings. The minimum Gasteiger partial charge on any atom is -0.494 e. The number of hydrogen-bond acceptors (Lipinski definition) is 4. The molecule has 1 heterocycles. The molecule has 0 spiro atoms. The fourth-order valence-corrected chi connectivity index (χ4v) is 2.52. The van der Waals surface area contributed by atoms with Gasteiger partial charge in [-0.25, -0.2) is 4.98 Å². The first kappa shape index (κ1) is 17.8. The van der Waals surface area contributed by atoms with Gasteiger partial charge in [0.2, 0.25) is 0 Å². The summed E-state index contributed by atoms with van der Waals surface area (Å²) in [6.07, 6.45) is 1.66. The lowest BCUT2D eigenvalue weighted by atomic mass is 10.2. The second kappa shape index (κ2) is 8.36. The van der Waals surface area contributed by atoms with Crippen molar-refractivity contribution in [2.45, 2.75) is 6.92 Å². The maximum atomic E-state index is 12.2. The van der Waals surface area contributed by atoms with Gasteiger partial charge in [0, 0.05) is 16.3 Å². The van der Waals surface area contributed by atoms with E-state index in [4.69, 9.17) is 16.3 Å². The predicted molar refractivity (Wildman–Crippen MR) is 105 cm³/mol. The highest BCUT2D eigenvalue weighted by molar-refractivity contribution is 6.31. The Morgan fingerprint density at radius 2 is 1.85 bits per heavy atom. The number of pyridine rings is 1. The second-order valence-corrected chi connectivity index (χ2v) is 5.92. The number of ether oxygens (including phenoxy) is 1. The van der Waals surface area contributed by atoms with E-state index in [0.717, 1.165) is 17.1 Å². The van der Waals surface area contributed by atoms with Gasteiger partial charge in [0.15, 0.2) is 0 Å². The van der Waals surface area contributed by atoms with Gasteiger partial charge in [-0.05, 0) is 61.5 Å². The summed E-state index contributed by atoms with van der Waals surface area (Å²) in [6.45, 7) is 2.59. The fourth-order valence-electron chi connectivity index (χ4n) is 2.33. The van der Waals surface area contributed by atoms with Crippen LogP contribution in [0.2, 0.25) is 5.02 Å². The third-order valence-corrected chi connectivity index (χ3v) is 3.78. The average molecular weight is 368 g/mol. The van der Waals surface area contributed by atoms with E-state index >= 15 is 0 Å². The first-order valence-corrected chi connectivity index (χ1v) is 8.54. The molecule has 1 aromatic heterocycles. The summed E-state index contributed by atoms with van der Waals surface area (Å²) in [5.74, 6) is 1.04. The van der Waals surface area contributed by atoms with Crippen molar-refractivity contribution in [3.63, 3.8) is 0 Å². The highest BCUT2D eigenvalue weighted by atomic mass is 35.5. The van der Waals surface area contributed by atoms with Gasteiger partial charge in [0.05, 0.1) is 18.5 Å². The van der Waals surface area contributed by atoms with Gasteiger partial charge >= 0.3 is 0 Å². The van der Waals surface area contributed by atoms with Gasteiger partial charge in [0.25, 0.3) is 5.91 Å². The van der Waals surface area contributed by atoms with Crippen LogP contribution >= 0.6 is 11.6 Å². The summed E-state index contributed by atoms with van der Waals surface area (Å²) in [7, 11) is 0. The molecule has 0 unspecified atom stereocenters. The molecule has 26 heavy (non-hydrogen) atoms. The smallest absolute Gasteiger partial charge is 0.256 e. The van der Waals surface area contributed by atoms with Crippen LogP contribution in [-0.4, -0.2) is 17.5 Å². The molecule has 2 aromatic carbocycles. The van der Waals surface area contributed by atoms with Gasteiger partial charge in [-0.1, -0.05) is 17.7 Å². The van der Waals surface area contributed by atoms with Crippen molar-refractivity contribution in [1.29, 1.82) is 0 Å². The maximum absolute atomic E-state index is 12.2. The van der Waals surface area contributed by atoms with Crippen LogP contribution in [0.25, 0.3) is 0 Å². The molecule has 6 heteroatoms. The van der Waals surface area contributed by atoms with E-state index in [1.807, 2.05) is 37.3 Å². The van der Waals surface area contributed by atoms with Gasteiger partial charge in [-0.3, -0.25) is 4.79 Å². The Morgan fingerprint density at radius 3 is 2.50 bits per heavy atom. The molecule has 0 aliphatic heterocycles.